The van der Waals surface area contributed by atoms with Crippen LogP contribution in [0.2, 0.25) is 0 Å². The monoisotopic (exact) mass is 408 g/mol. The van der Waals surface area contributed by atoms with Gasteiger partial charge in [-0.05, 0) is 42.8 Å². The van der Waals surface area contributed by atoms with E-state index in [0.29, 0.717) is 42.5 Å². The number of hydrogen-bond acceptors (Lipinski definition) is 5. The fraction of sp³-hybridized carbons (Fsp3) is 0.316. The summed E-state index contributed by atoms with van der Waals surface area (Å²) in [6.07, 6.45) is 1.55. The Hall–Kier alpha value is -2.81. The molecule has 2 aromatic carbocycles. The lowest BCUT2D eigenvalue weighted by Gasteiger charge is -2.25. The van der Waals surface area contributed by atoms with E-state index in [-0.39, 0.29) is 24.7 Å². The number of benzene rings is 2. The number of hydrogen-bond donors (Lipinski definition) is 1. The molecule has 0 unspecified atom stereocenters. The molecule has 0 fully saturated rings. The zero-order valence-corrected chi connectivity index (χ0v) is 16.2. The lowest BCUT2D eigenvalue weighted by Crippen LogP contribution is -2.31. The van der Waals surface area contributed by atoms with Crippen molar-refractivity contribution in [3.05, 3.63) is 48.3 Å². The van der Waals surface area contributed by atoms with Gasteiger partial charge in [0.2, 0.25) is 15.9 Å². The van der Waals surface area contributed by atoms with Crippen LogP contribution in [0.15, 0.2) is 42.5 Å². The minimum Gasteiger partial charge on any atom is -0.486 e. The first kappa shape index (κ1) is 19.9. The number of sulfonamides is 1. The standard InChI is InChI=1S/C19H21FN2O5S/c1-28(24,25)22(16-8-9-17-18(13-16)27-12-11-26-17)10-2-3-19(23)21-15-6-4-14(20)5-7-15/h4-9,13H,2-3,10-12H2,1H3,(H,21,23). The number of amides is 1. The Morgan fingerprint density at radius 1 is 1.11 bits per heavy atom. The first-order valence-corrected chi connectivity index (χ1v) is 10.6. The summed E-state index contributed by atoms with van der Waals surface area (Å²) in [5.41, 5.74) is 0.934. The van der Waals surface area contributed by atoms with Crippen LogP contribution in [0.3, 0.4) is 0 Å². The van der Waals surface area contributed by atoms with Crippen LogP contribution in [0.5, 0.6) is 11.5 Å². The van der Waals surface area contributed by atoms with Crippen LogP contribution in [0.25, 0.3) is 0 Å². The highest BCUT2D eigenvalue weighted by atomic mass is 32.2. The van der Waals surface area contributed by atoms with E-state index in [1.807, 2.05) is 0 Å². The highest BCUT2D eigenvalue weighted by Gasteiger charge is 2.21. The van der Waals surface area contributed by atoms with Gasteiger partial charge < -0.3 is 14.8 Å². The number of carbonyl (C=O) groups excluding carboxylic acids is 1. The number of carbonyl (C=O) groups is 1. The number of ether oxygens (including phenoxy) is 2. The number of halogens is 1. The van der Waals surface area contributed by atoms with E-state index in [1.165, 1.54) is 28.6 Å². The van der Waals surface area contributed by atoms with Crippen LogP contribution in [-0.4, -0.2) is 40.3 Å². The van der Waals surface area contributed by atoms with Gasteiger partial charge in [-0.15, -0.1) is 0 Å². The molecule has 9 heteroatoms. The van der Waals surface area contributed by atoms with E-state index in [9.17, 15) is 17.6 Å². The van der Waals surface area contributed by atoms with Gasteiger partial charge in [-0.25, -0.2) is 12.8 Å². The summed E-state index contributed by atoms with van der Waals surface area (Å²) in [5.74, 6) is 0.400. The van der Waals surface area contributed by atoms with E-state index in [1.54, 1.807) is 18.2 Å². The summed E-state index contributed by atoms with van der Waals surface area (Å²) in [4.78, 5) is 12.0. The molecule has 0 spiro atoms. The average molecular weight is 408 g/mol. The molecule has 28 heavy (non-hydrogen) atoms. The molecule has 1 N–H and O–H groups in total. The summed E-state index contributed by atoms with van der Waals surface area (Å²) in [6.45, 7) is 0.986. The Morgan fingerprint density at radius 3 is 2.46 bits per heavy atom. The van der Waals surface area contributed by atoms with Gasteiger partial charge >= 0.3 is 0 Å². The van der Waals surface area contributed by atoms with E-state index >= 15 is 0 Å². The first-order valence-electron chi connectivity index (χ1n) is 8.76. The van der Waals surface area contributed by atoms with Gasteiger partial charge in [0.1, 0.15) is 19.0 Å². The zero-order chi connectivity index (χ0) is 20.1. The molecule has 150 valence electrons. The van der Waals surface area contributed by atoms with Gasteiger partial charge in [-0.1, -0.05) is 0 Å². The van der Waals surface area contributed by atoms with Crippen molar-refractivity contribution in [1.82, 2.24) is 0 Å². The highest BCUT2D eigenvalue weighted by molar-refractivity contribution is 7.92. The largest absolute Gasteiger partial charge is 0.486 e. The van der Waals surface area contributed by atoms with Crippen LogP contribution >= 0.6 is 0 Å². The topological polar surface area (TPSA) is 84.9 Å². The Labute approximate surface area is 163 Å². The van der Waals surface area contributed by atoms with Crippen molar-refractivity contribution in [2.75, 3.05) is 35.6 Å². The molecule has 0 radical (unpaired) electrons. The Kier molecular flexibility index (Phi) is 6.03. The number of nitrogens with one attached hydrogen (secondary N) is 1. The molecule has 7 nitrogen and oxygen atoms in total. The molecule has 1 heterocycles. The van der Waals surface area contributed by atoms with Crippen molar-refractivity contribution in [1.29, 1.82) is 0 Å². The fourth-order valence-corrected chi connectivity index (χ4v) is 3.77. The molecule has 3 rings (SSSR count). The number of anilines is 2. The maximum atomic E-state index is 12.9. The van der Waals surface area contributed by atoms with Crippen LogP contribution in [0.4, 0.5) is 15.8 Å². The summed E-state index contributed by atoms with van der Waals surface area (Å²) >= 11 is 0. The summed E-state index contributed by atoms with van der Waals surface area (Å²) < 4.78 is 49.5. The summed E-state index contributed by atoms with van der Waals surface area (Å²) in [5, 5.41) is 2.65. The van der Waals surface area contributed by atoms with Crippen molar-refractivity contribution < 1.29 is 27.1 Å². The van der Waals surface area contributed by atoms with Crippen LogP contribution in [0, 0.1) is 5.82 Å². The molecule has 0 saturated heterocycles. The normalized spacial score (nSPS) is 13.1. The number of fused-ring (bicyclic) bond motifs is 1. The maximum absolute atomic E-state index is 12.9. The molecule has 0 atom stereocenters. The van der Waals surface area contributed by atoms with Gasteiger partial charge in [-0.2, -0.15) is 0 Å². The van der Waals surface area contributed by atoms with Crippen molar-refractivity contribution >= 4 is 27.3 Å². The molecule has 2 aromatic rings. The number of rotatable bonds is 7. The molecule has 0 aromatic heterocycles. The van der Waals surface area contributed by atoms with E-state index in [0.717, 1.165) is 6.26 Å². The summed E-state index contributed by atoms with van der Waals surface area (Å²) in [6, 6.07) is 10.4. The van der Waals surface area contributed by atoms with Crippen LogP contribution < -0.4 is 19.1 Å². The van der Waals surface area contributed by atoms with Gasteiger partial charge in [0.25, 0.3) is 0 Å². The van der Waals surface area contributed by atoms with Gasteiger partial charge in [0.15, 0.2) is 11.5 Å². The molecular formula is C19H21FN2O5S. The van der Waals surface area contributed by atoms with Crippen molar-refractivity contribution in [3.8, 4) is 11.5 Å². The lowest BCUT2D eigenvalue weighted by atomic mass is 10.2. The van der Waals surface area contributed by atoms with Gasteiger partial charge in [-0.3, -0.25) is 9.10 Å². The lowest BCUT2D eigenvalue weighted by molar-refractivity contribution is -0.116. The maximum Gasteiger partial charge on any atom is 0.232 e. The first-order chi connectivity index (χ1) is 13.3. The predicted molar refractivity (Wildman–Crippen MR) is 104 cm³/mol. The molecular weight excluding hydrogens is 387 g/mol. The quantitative estimate of drug-likeness (QED) is 0.762. The Bertz CT molecular complexity index is 947. The van der Waals surface area contributed by atoms with Crippen molar-refractivity contribution in [2.24, 2.45) is 0 Å². The number of nitrogens with zero attached hydrogens (tertiary/aromatic N) is 1. The molecule has 1 aliphatic rings. The van der Waals surface area contributed by atoms with Gasteiger partial charge in [0, 0.05) is 24.7 Å². The minimum absolute atomic E-state index is 0.119. The SMILES string of the molecule is CS(=O)(=O)N(CCCC(=O)Nc1ccc(F)cc1)c1ccc2c(c1)OCCO2. The van der Waals surface area contributed by atoms with Crippen LogP contribution in [-0.2, 0) is 14.8 Å². The fourth-order valence-electron chi connectivity index (χ4n) is 2.81. The third-order valence-electron chi connectivity index (χ3n) is 4.11. The molecule has 1 aliphatic heterocycles. The second-order valence-electron chi connectivity index (χ2n) is 6.32. The summed E-state index contributed by atoms with van der Waals surface area (Å²) in [7, 11) is -3.54. The zero-order valence-electron chi connectivity index (χ0n) is 15.4. The van der Waals surface area contributed by atoms with E-state index in [4.69, 9.17) is 9.47 Å². The smallest absolute Gasteiger partial charge is 0.232 e. The predicted octanol–water partition coefficient (Wildman–Crippen LogP) is 2.78. The van der Waals surface area contributed by atoms with E-state index in [2.05, 4.69) is 5.32 Å². The van der Waals surface area contributed by atoms with E-state index < -0.39 is 10.0 Å². The molecule has 0 aliphatic carbocycles. The average Bonchev–Trinajstić information content (AvgIpc) is 2.66. The second-order valence-corrected chi connectivity index (χ2v) is 8.23. The minimum atomic E-state index is -3.54. The Morgan fingerprint density at radius 2 is 1.79 bits per heavy atom. The Balaban J connectivity index is 1.62. The second kappa shape index (κ2) is 8.47. The van der Waals surface area contributed by atoms with Crippen molar-refractivity contribution in [3.63, 3.8) is 0 Å². The van der Waals surface area contributed by atoms with Crippen LogP contribution in [0.1, 0.15) is 12.8 Å². The third kappa shape index (κ3) is 5.13. The molecule has 0 bridgehead atoms. The molecule has 0 saturated carbocycles. The molecule has 1 amide bonds. The third-order valence-corrected chi connectivity index (χ3v) is 5.30. The highest BCUT2D eigenvalue weighted by Crippen LogP contribution is 2.34. The van der Waals surface area contributed by atoms with Crippen molar-refractivity contribution in [2.45, 2.75) is 12.8 Å². The van der Waals surface area contributed by atoms with Gasteiger partial charge in [0.05, 0.1) is 11.9 Å².